The highest BCUT2D eigenvalue weighted by Gasteiger charge is 2.00. The van der Waals surface area contributed by atoms with Crippen molar-refractivity contribution >= 4 is 16.8 Å². The molecule has 8 heavy (non-hydrogen) atoms. The van der Waals surface area contributed by atoms with E-state index in [-0.39, 0.29) is 0 Å². The van der Waals surface area contributed by atoms with Gasteiger partial charge in [0.1, 0.15) is 0 Å². The molecule has 44 valence electrons. The molecule has 0 saturated heterocycles. The van der Waals surface area contributed by atoms with E-state index in [2.05, 4.69) is 18.0 Å². The van der Waals surface area contributed by atoms with Crippen LogP contribution in [0.4, 0.5) is 0 Å². The molecule has 0 aromatic carbocycles. The van der Waals surface area contributed by atoms with Gasteiger partial charge in [0.15, 0.2) is 0 Å². The average molecular weight is 127 g/mol. The molecule has 0 aliphatic carbocycles. The van der Waals surface area contributed by atoms with Crippen molar-refractivity contribution in [3.8, 4) is 0 Å². The quantitative estimate of drug-likeness (QED) is 0.482. The van der Waals surface area contributed by atoms with Crippen LogP contribution < -0.4 is 0 Å². The van der Waals surface area contributed by atoms with Gasteiger partial charge < -0.3 is 0 Å². The zero-order valence-electron chi connectivity index (χ0n) is 5.14. The van der Waals surface area contributed by atoms with Crippen molar-refractivity contribution in [1.82, 2.24) is 0 Å². The Bertz CT molecular complexity index is 147. The summed E-state index contributed by atoms with van der Waals surface area (Å²) in [6.45, 7) is 3.02. The minimum atomic E-state index is 0.913. The Balaban J connectivity index is 2.58. The largest absolute Gasteiger partial charge is 0.274 e. The van der Waals surface area contributed by atoms with Gasteiger partial charge in [-0.25, -0.2) is 0 Å². The minimum Gasteiger partial charge on any atom is -0.274 e. The topological polar surface area (TPSA) is 12.4 Å². The zero-order chi connectivity index (χ0) is 5.98. The Morgan fingerprint density at radius 2 is 2.50 bits per heavy atom. The summed E-state index contributed by atoms with van der Waals surface area (Å²) in [7, 11) is 0. The summed E-state index contributed by atoms with van der Waals surface area (Å²) in [5.41, 5.74) is 1.37. The molecule has 0 bridgehead atoms. The van der Waals surface area contributed by atoms with Crippen molar-refractivity contribution in [2.24, 2.45) is 4.99 Å². The van der Waals surface area contributed by atoms with Gasteiger partial charge in [0.2, 0.25) is 0 Å². The second kappa shape index (κ2) is 2.35. The van der Waals surface area contributed by atoms with Gasteiger partial charge >= 0.3 is 0 Å². The summed E-state index contributed by atoms with van der Waals surface area (Å²) in [6.07, 6.45) is 4.18. The number of aliphatic imine (C=N–C) groups is 1. The first-order valence-corrected chi connectivity index (χ1v) is 3.81. The van der Waals surface area contributed by atoms with Crippen LogP contribution in [-0.2, 0) is 0 Å². The Hall–Kier alpha value is -0.240. The van der Waals surface area contributed by atoms with Crippen molar-refractivity contribution in [2.75, 3.05) is 12.8 Å². The molecule has 0 spiro atoms. The van der Waals surface area contributed by atoms with Gasteiger partial charge in [0.05, 0.1) is 11.6 Å². The van der Waals surface area contributed by atoms with E-state index in [9.17, 15) is 0 Å². The molecule has 0 saturated carbocycles. The normalized spacial score (nSPS) is 18.2. The van der Waals surface area contributed by atoms with Crippen LogP contribution >= 0.6 is 11.8 Å². The predicted molar refractivity (Wildman–Crippen MR) is 39.6 cm³/mol. The highest BCUT2D eigenvalue weighted by atomic mass is 32.2. The second-order valence-corrected chi connectivity index (χ2v) is 2.68. The molecule has 0 fully saturated rings. The molecular formula is C6H9NS. The molecule has 0 amide bonds. The fourth-order valence-corrected chi connectivity index (χ4v) is 1.14. The van der Waals surface area contributed by atoms with Gasteiger partial charge in [0.25, 0.3) is 0 Å². The second-order valence-electron chi connectivity index (χ2n) is 1.85. The molecule has 1 heterocycles. The van der Waals surface area contributed by atoms with Crippen LogP contribution in [-0.4, -0.2) is 17.8 Å². The molecule has 0 unspecified atom stereocenters. The van der Waals surface area contributed by atoms with E-state index in [1.165, 1.54) is 10.6 Å². The van der Waals surface area contributed by atoms with E-state index in [1.807, 2.05) is 6.26 Å². The number of hydrogen-bond acceptors (Lipinski definition) is 2. The molecular weight excluding hydrogens is 118 g/mol. The van der Waals surface area contributed by atoms with Crippen LogP contribution in [0.2, 0.25) is 0 Å². The van der Waals surface area contributed by atoms with E-state index in [1.54, 1.807) is 11.8 Å². The maximum Gasteiger partial charge on any atom is 0.0905 e. The standard InChI is InChI=1S/C6H9NS/c1-5-3-6(8-2)7-4-5/h3H,4H2,1-2H3. The van der Waals surface area contributed by atoms with Gasteiger partial charge in [-0.2, -0.15) is 0 Å². The Labute approximate surface area is 53.9 Å². The van der Waals surface area contributed by atoms with E-state index >= 15 is 0 Å². The molecule has 0 aromatic rings. The molecule has 0 N–H and O–H groups in total. The van der Waals surface area contributed by atoms with Crippen molar-refractivity contribution in [3.05, 3.63) is 11.6 Å². The highest BCUT2D eigenvalue weighted by molar-refractivity contribution is 8.13. The van der Waals surface area contributed by atoms with Crippen molar-refractivity contribution < 1.29 is 0 Å². The van der Waals surface area contributed by atoms with Crippen LogP contribution in [0.25, 0.3) is 0 Å². The number of nitrogens with zero attached hydrogens (tertiary/aromatic N) is 1. The summed E-state index contributed by atoms with van der Waals surface area (Å²) < 4.78 is 0. The summed E-state index contributed by atoms with van der Waals surface area (Å²) in [4.78, 5) is 4.22. The lowest BCUT2D eigenvalue weighted by Crippen LogP contribution is -1.76. The van der Waals surface area contributed by atoms with Gasteiger partial charge in [-0.1, -0.05) is 0 Å². The lowest BCUT2D eigenvalue weighted by molar-refractivity contribution is 1.18. The predicted octanol–water partition coefficient (Wildman–Crippen LogP) is 1.71. The molecule has 2 heteroatoms. The fraction of sp³-hybridized carbons (Fsp3) is 0.500. The summed E-state index contributed by atoms with van der Waals surface area (Å²) in [5, 5.41) is 1.17. The van der Waals surface area contributed by atoms with Crippen LogP contribution in [0.3, 0.4) is 0 Å². The third kappa shape index (κ3) is 1.13. The third-order valence-electron chi connectivity index (χ3n) is 1.06. The number of thioether (sulfide) groups is 1. The minimum absolute atomic E-state index is 0.913. The van der Waals surface area contributed by atoms with Crippen molar-refractivity contribution in [1.29, 1.82) is 0 Å². The Kier molecular flexibility index (Phi) is 1.73. The first-order valence-electron chi connectivity index (χ1n) is 2.58. The SMILES string of the molecule is CSC1=NCC(C)=C1. The van der Waals surface area contributed by atoms with E-state index in [0.29, 0.717) is 0 Å². The first-order chi connectivity index (χ1) is 3.83. The Morgan fingerprint density at radius 1 is 1.75 bits per heavy atom. The van der Waals surface area contributed by atoms with Crippen LogP contribution in [0, 0.1) is 0 Å². The first kappa shape index (κ1) is 5.89. The Morgan fingerprint density at radius 3 is 2.75 bits per heavy atom. The molecule has 0 atom stereocenters. The maximum absolute atomic E-state index is 4.22. The van der Waals surface area contributed by atoms with Crippen molar-refractivity contribution in [3.63, 3.8) is 0 Å². The third-order valence-corrected chi connectivity index (χ3v) is 1.73. The molecule has 1 rings (SSSR count). The molecule has 1 nitrogen and oxygen atoms in total. The van der Waals surface area contributed by atoms with E-state index in [4.69, 9.17) is 0 Å². The highest BCUT2D eigenvalue weighted by Crippen LogP contribution is 2.10. The monoisotopic (exact) mass is 127 g/mol. The lowest BCUT2D eigenvalue weighted by atomic mass is 10.3. The van der Waals surface area contributed by atoms with Crippen LogP contribution in [0.15, 0.2) is 16.6 Å². The van der Waals surface area contributed by atoms with Gasteiger partial charge in [-0.15, -0.1) is 11.8 Å². The van der Waals surface area contributed by atoms with E-state index in [0.717, 1.165) is 6.54 Å². The zero-order valence-corrected chi connectivity index (χ0v) is 5.96. The smallest absolute Gasteiger partial charge is 0.0905 e. The van der Waals surface area contributed by atoms with Crippen molar-refractivity contribution in [2.45, 2.75) is 6.92 Å². The number of rotatable bonds is 0. The van der Waals surface area contributed by atoms with Gasteiger partial charge in [-0.05, 0) is 24.8 Å². The number of hydrogen-bond donors (Lipinski definition) is 0. The van der Waals surface area contributed by atoms with E-state index < -0.39 is 0 Å². The molecule has 0 radical (unpaired) electrons. The molecule has 1 aliphatic heterocycles. The maximum atomic E-state index is 4.22. The van der Waals surface area contributed by atoms with Gasteiger partial charge in [0, 0.05) is 0 Å². The summed E-state index contributed by atoms with van der Waals surface area (Å²) >= 11 is 1.71. The average Bonchev–Trinajstić information content (AvgIpc) is 2.14. The van der Waals surface area contributed by atoms with Crippen LogP contribution in [0.1, 0.15) is 6.92 Å². The summed E-state index contributed by atoms with van der Waals surface area (Å²) in [5.74, 6) is 0. The van der Waals surface area contributed by atoms with Gasteiger partial charge in [-0.3, -0.25) is 4.99 Å². The van der Waals surface area contributed by atoms with Crippen LogP contribution in [0.5, 0.6) is 0 Å². The fourth-order valence-electron chi connectivity index (χ4n) is 0.628. The summed E-state index contributed by atoms with van der Waals surface area (Å²) in [6, 6.07) is 0. The molecule has 0 aromatic heterocycles. The molecule has 1 aliphatic rings. The lowest BCUT2D eigenvalue weighted by Gasteiger charge is -1.82.